The minimum absolute atomic E-state index is 0.116. The first-order valence-corrected chi connectivity index (χ1v) is 10.6. The molecular weight excluding hydrogens is 421 g/mol. The Balaban J connectivity index is 1.43. The van der Waals surface area contributed by atoms with Gasteiger partial charge in [0.15, 0.2) is 0 Å². The molecular formula is C24H21F3N2O3. The van der Waals surface area contributed by atoms with E-state index in [9.17, 15) is 22.8 Å². The SMILES string of the molecule is CC1CC(NC(=O)[C@H]2C[C@H](c3c(-c4ccc(F)cc4)[nH]c4c(F)cc(F)cc43)C2)C(=O)O1. The van der Waals surface area contributed by atoms with Gasteiger partial charge in [0.1, 0.15) is 29.6 Å². The highest BCUT2D eigenvalue weighted by molar-refractivity contribution is 5.93. The number of H-pyrrole nitrogens is 1. The molecule has 3 aromatic rings. The fraction of sp³-hybridized carbons (Fsp3) is 0.333. The number of hydrogen-bond acceptors (Lipinski definition) is 3. The Hall–Kier alpha value is -3.29. The van der Waals surface area contributed by atoms with E-state index in [4.69, 9.17) is 4.74 Å². The van der Waals surface area contributed by atoms with Crippen LogP contribution in [0.3, 0.4) is 0 Å². The Morgan fingerprint density at radius 3 is 2.44 bits per heavy atom. The highest BCUT2D eigenvalue weighted by atomic mass is 19.1. The van der Waals surface area contributed by atoms with Crippen molar-refractivity contribution in [1.82, 2.24) is 10.3 Å². The summed E-state index contributed by atoms with van der Waals surface area (Å²) in [4.78, 5) is 27.5. The van der Waals surface area contributed by atoms with Gasteiger partial charge in [0.05, 0.1) is 11.2 Å². The first-order chi connectivity index (χ1) is 15.3. The second-order valence-electron chi connectivity index (χ2n) is 8.64. The van der Waals surface area contributed by atoms with E-state index in [1.54, 1.807) is 19.1 Å². The number of hydrogen-bond donors (Lipinski definition) is 2. The van der Waals surface area contributed by atoms with Gasteiger partial charge in [-0.15, -0.1) is 0 Å². The molecule has 2 aliphatic rings. The van der Waals surface area contributed by atoms with E-state index in [2.05, 4.69) is 10.3 Å². The van der Waals surface area contributed by atoms with Gasteiger partial charge in [-0.05, 0) is 67.1 Å². The summed E-state index contributed by atoms with van der Waals surface area (Å²) in [6.45, 7) is 1.77. The van der Waals surface area contributed by atoms with Crippen LogP contribution in [0.1, 0.15) is 37.7 Å². The number of nitrogens with one attached hydrogen (secondary N) is 2. The highest BCUT2D eigenvalue weighted by Crippen LogP contribution is 2.48. The third-order valence-corrected chi connectivity index (χ3v) is 6.40. The molecule has 2 fully saturated rings. The van der Waals surface area contributed by atoms with Crippen molar-refractivity contribution < 1.29 is 27.5 Å². The minimum atomic E-state index is -0.711. The van der Waals surface area contributed by atoms with Crippen molar-refractivity contribution in [2.45, 2.75) is 44.2 Å². The summed E-state index contributed by atoms with van der Waals surface area (Å²) in [6.07, 6.45) is 1.16. The predicted molar refractivity (Wildman–Crippen MR) is 111 cm³/mol. The van der Waals surface area contributed by atoms with Gasteiger partial charge in [0.25, 0.3) is 0 Å². The maximum Gasteiger partial charge on any atom is 0.329 e. The summed E-state index contributed by atoms with van der Waals surface area (Å²) >= 11 is 0. The lowest BCUT2D eigenvalue weighted by atomic mass is 9.69. The van der Waals surface area contributed by atoms with Gasteiger partial charge in [-0.3, -0.25) is 4.79 Å². The van der Waals surface area contributed by atoms with E-state index in [1.807, 2.05) is 0 Å². The van der Waals surface area contributed by atoms with Crippen LogP contribution >= 0.6 is 0 Å². The van der Waals surface area contributed by atoms with Crippen LogP contribution < -0.4 is 5.32 Å². The first kappa shape index (κ1) is 20.6. The number of carbonyl (C=O) groups excluding carboxylic acids is 2. The number of carbonyl (C=O) groups is 2. The molecule has 5 rings (SSSR count). The van der Waals surface area contributed by atoms with Crippen molar-refractivity contribution in [3.63, 3.8) is 0 Å². The molecule has 1 aliphatic carbocycles. The average molecular weight is 442 g/mol. The zero-order chi connectivity index (χ0) is 22.6. The monoisotopic (exact) mass is 442 g/mol. The van der Waals surface area contributed by atoms with Crippen LogP contribution in [0.4, 0.5) is 13.2 Å². The second kappa shape index (κ2) is 7.69. The molecule has 2 N–H and O–H groups in total. The first-order valence-electron chi connectivity index (χ1n) is 10.6. The molecule has 0 bridgehead atoms. The minimum Gasteiger partial charge on any atom is -0.461 e. The lowest BCUT2D eigenvalue weighted by molar-refractivity contribution is -0.144. The van der Waals surface area contributed by atoms with Gasteiger partial charge in [-0.1, -0.05) is 0 Å². The van der Waals surface area contributed by atoms with Crippen LogP contribution in [0.25, 0.3) is 22.2 Å². The number of rotatable bonds is 4. The summed E-state index contributed by atoms with van der Waals surface area (Å²) in [5, 5.41) is 3.17. The zero-order valence-corrected chi connectivity index (χ0v) is 17.3. The van der Waals surface area contributed by atoms with Gasteiger partial charge in [0, 0.05) is 23.8 Å². The molecule has 5 nitrogen and oxygen atoms in total. The molecule has 1 saturated carbocycles. The molecule has 2 unspecified atom stereocenters. The Morgan fingerprint density at radius 1 is 1.06 bits per heavy atom. The maximum atomic E-state index is 14.5. The van der Waals surface area contributed by atoms with Crippen molar-refractivity contribution >= 4 is 22.8 Å². The van der Waals surface area contributed by atoms with Crippen molar-refractivity contribution in [1.29, 1.82) is 0 Å². The fourth-order valence-electron chi connectivity index (χ4n) is 4.74. The van der Waals surface area contributed by atoms with E-state index >= 15 is 0 Å². The van der Waals surface area contributed by atoms with Crippen LogP contribution in [0.15, 0.2) is 36.4 Å². The number of aromatic nitrogens is 1. The molecule has 32 heavy (non-hydrogen) atoms. The lowest BCUT2D eigenvalue weighted by Crippen LogP contribution is -2.44. The Bertz CT molecular complexity index is 1220. The standard InChI is InChI=1S/C24H21F3N2O3/c1-11-6-19(24(31)32-11)28-23(30)14-7-13(8-14)20-17-9-16(26)10-18(27)22(17)29-21(20)12-2-4-15(25)5-3-12/h2-5,9-11,13-14,19,29H,6-8H2,1H3,(H,28,30)/t11?,13-,14-,19?. The normalized spacial score (nSPS) is 24.9. The van der Waals surface area contributed by atoms with Gasteiger partial charge in [-0.25, -0.2) is 18.0 Å². The average Bonchev–Trinajstić information content (AvgIpc) is 3.21. The number of aromatic amines is 1. The number of fused-ring (bicyclic) bond motifs is 1. The Labute approximate surface area is 182 Å². The fourth-order valence-corrected chi connectivity index (χ4v) is 4.74. The van der Waals surface area contributed by atoms with E-state index in [0.29, 0.717) is 41.5 Å². The van der Waals surface area contributed by atoms with Crippen molar-refractivity contribution in [2.75, 3.05) is 0 Å². The van der Waals surface area contributed by atoms with Gasteiger partial charge >= 0.3 is 5.97 Å². The zero-order valence-electron chi connectivity index (χ0n) is 17.3. The number of halogens is 3. The molecule has 1 aromatic heterocycles. The number of benzene rings is 2. The molecule has 2 atom stereocenters. The highest BCUT2D eigenvalue weighted by Gasteiger charge is 2.41. The third kappa shape index (κ3) is 3.53. The van der Waals surface area contributed by atoms with Gasteiger partial charge in [0.2, 0.25) is 5.91 Å². The van der Waals surface area contributed by atoms with E-state index in [0.717, 1.165) is 6.07 Å². The van der Waals surface area contributed by atoms with E-state index in [-0.39, 0.29) is 29.4 Å². The number of amides is 1. The molecule has 2 heterocycles. The number of cyclic esters (lactones) is 1. The summed E-state index contributed by atoms with van der Waals surface area (Å²) in [5.41, 5.74) is 2.12. The molecule has 1 amide bonds. The van der Waals surface area contributed by atoms with Gasteiger partial charge in [-0.2, -0.15) is 0 Å². The molecule has 166 valence electrons. The summed E-state index contributed by atoms with van der Waals surface area (Å²) in [6, 6.07) is 7.22. The number of esters is 1. The topological polar surface area (TPSA) is 71.2 Å². The maximum absolute atomic E-state index is 14.5. The van der Waals surface area contributed by atoms with Crippen molar-refractivity contribution in [3.8, 4) is 11.3 Å². The predicted octanol–water partition coefficient (Wildman–Crippen LogP) is 4.57. The molecule has 0 spiro atoms. The Morgan fingerprint density at radius 2 is 1.78 bits per heavy atom. The Kier molecular flexibility index (Phi) is 4.95. The van der Waals surface area contributed by atoms with Crippen LogP contribution in [0.2, 0.25) is 0 Å². The van der Waals surface area contributed by atoms with Crippen molar-refractivity contribution in [3.05, 3.63) is 59.4 Å². The largest absolute Gasteiger partial charge is 0.461 e. The summed E-state index contributed by atoms with van der Waals surface area (Å²) < 4.78 is 47.0. The summed E-state index contributed by atoms with van der Waals surface area (Å²) in [5.74, 6) is -2.88. The molecule has 1 aliphatic heterocycles. The van der Waals surface area contributed by atoms with Gasteiger partial charge < -0.3 is 15.0 Å². The summed E-state index contributed by atoms with van der Waals surface area (Å²) in [7, 11) is 0. The lowest BCUT2D eigenvalue weighted by Gasteiger charge is -2.35. The van der Waals surface area contributed by atoms with E-state index < -0.39 is 29.5 Å². The van der Waals surface area contributed by atoms with Crippen LogP contribution in [-0.2, 0) is 14.3 Å². The van der Waals surface area contributed by atoms with Crippen LogP contribution in [0, 0.1) is 23.4 Å². The van der Waals surface area contributed by atoms with Crippen LogP contribution in [0.5, 0.6) is 0 Å². The second-order valence-corrected chi connectivity index (χ2v) is 8.64. The molecule has 2 aromatic carbocycles. The third-order valence-electron chi connectivity index (χ3n) is 6.40. The molecule has 0 radical (unpaired) electrons. The quantitative estimate of drug-likeness (QED) is 0.582. The molecule has 1 saturated heterocycles. The number of ether oxygens (including phenoxy) is 1. The molecule has 8 heteroatoms. The van der Waals surface area contributed by atoms with E-state index in [1.165, 1.54) is 18.2 Å². The van der Waals surface area contributed by atoms with Crippen molar-refractivity contribution in [2.24, 2.45) is 5.92 Å². The van der Waals surface area contributed by atoms with Crippen LogP contribution in [-0.4, -0.2) is 29.0 Å². The smallest absolute Gasteiger partial charge is 0.329 e.